The second kappa shape index (κ2) is 6.33. The molecule has 0 saturated heterocycles. The molecule has 0 bridgehead atoms. The molecule has 0 unspecified atom stereocenters. The molecule has 1 saturated carbocycles. The summed E-state index contributed by atoms with van der Waals surface area (Å²) in [5.41, 5.74) is 0. The van der Waals surface area contributed by atoms with E-state index in [2.05, 4.69) is 20.5 Å². The van der Waals surface area contributed by atoms with E-state index in [1.807, 2.05) is 0 Å². The summed E-state index contributed by atoms with van der Waals surface area (Å²) in [4.78, 5) is 37.4. The fourth-order valence-corrected chi connectivity index (χ4v) is 1.85. The number of H-pyrrole nitrogens is 1. The first-order chi connectivity index (χ1) is 9.97. The van der Waals surface area contributed by atoms with Crippen molar-refractivity contribution in [3.05, 3.63) is 11.6 Å². The standard InChI is InChI=1S/C12H16N4O5/c17-8(18)3-1-2-7(12(20)21)13-11(19)10-14-9(15-16-10)6-4-5-6/h6-7H,1-5H2,(H,13,19)(H,17,18)(H,20,21)(H,14,15,16)/t7-/m1/s1. The third-order valence-corrected chi connectivity index (χ3v) is 3.16. The number of carboxylic acids is 2. The van der Waals surface area contributed by atoms with Crippen LogP contribution in [0.3, 0.4) is 0 Å². The monoisotopic (exact) mass is 296 g/mol. The van der Waals surface area contributed by atoms with E-state index < -0.39 is 23.9 Å². The van der Waals surface area contributed by atoms with Crippen LogP contribution in [0.1, 0.15) is 54.5 Å². The van der Waals surface area contributed by atoms with Gasteiger partial charge in [-0.2, -0.15) is 0 Å². The maximum Gasteiger partial charge on any atom is 0.326 e. The van der Waals surface area contributed by atoms with Gasteiger partial charge in [0.25, 0.3) is 5.91 Å². The highest BCUT2D eigenvalue weighted by Gasteiger charge is 2.29. The molecule has 4 N–H and O–H groups in total. The number of nitrogens with one attached hydrogen (secondary N) is 2. The minimum atomic E-state index is -1.22. The van der Waals surface area contributed by atoms with E-state index in [1.165, 1.54) is 0 Å². The zero-order valence-electron chi connectivity index (χ0n) is 11.2. The van der Waals surface area contributed by atoms with Gasteiger partial charge in [0.1, 0.15) is 11.9 Å². The second-order valence-corrected chi connectivity index (χ2v) is 4.97. The van der Waals surface area contributed by atoms with Gasteiger partial charge in [-0.25, -0.2) is 9.78 Å². The molecular formula is C12H16N4O5. The van der Waals surface area contributed by atoms with Crippen LogP contribution >= 0.6 is 0 Å². The summed E-state index contributed by atoms with van der Waals surface area (Å²) >= 11 is 0. The Kier molecular flexibility index (Phi) is 4.51. The van der Waals surface area contributed by atoms with Crippen LogP contribution in [0.5, 0.6) is 0 Å². The first-order valence-corrected chi connectivity index (χ1v) is 6.65. The summed E-state index contributed by atoms with van der Waals surface area (Å²) in [6.07, 6.45) is 2.06. The van der Waals surface area contributed by atoms with Crippen LogP contribution < -0.4 is 5.32 Å². The van der Waals surface area contributed by atoms with Gasteiger partial charge in [-0.05, 0) is 25.7 Å². The number of carboxylic acid groups (broad SMARTS) is 2. The molecule has 0 spiro atoms. The third-order valence-electron chi connectivity index (χ3n) is 3.16. The molecule has 0 aromatic carbocycles. The zero-order valence-corrected chi connectivity index (χ0v) is 11.2. The van der Waals surface area contributed by atoms with Crippen LogP contribution in [0.4, 0.5) is 0 Å². The number of aromatic amines is 1. The second-order valence-electron chi connectivity index (χ2n) is 4.97. The summed E-state index contributed by atoms with van der Waals surface area (Å²) < 4.78 is 0. The lowest BCUT2D eigenvalue weighted by molar-refractivity contribution is -0.140. The predicted molar refractivity (Wildman–Crippen MR) is 68.7 cm³/mol. The van der Waals surface area contributed by atoms with Crippen LogP contribution in [-0.2, 0) is 9.59 Å². The van der Waals surface area contributed by atoms with Gasteiger partial charge in [0.2, 0.25) is 5.82 Å². The van der Waals surface area contributed by atoms with Gasteiger partial charge < -0.3 is 15.5 Å². The Morgan fingerprint density at radius 2 is 2.05 bits per heavy atom. The predicted octanol–water partition coefficient (Wildman–Crippen LogP) is 0.120. The summed E-state index contributed by atoms with van der Waals surface area (Å²) in [5.74, 6) is -2.05. The Hall–Kier alpha value is -2.45. The van der Waals surface area contributed by atoms with Gasteiger partial charge in [-0.15, -0.1) is 5.10 Å². The third kappa shape index (κ3) is 4.26. The van der Waals surface area contributed by atoms with Crippen LogP contribution in [-0.4, -0.2) is 49.3 Å². The first-order valence-electron chi connectivity index (χ1n) is 6.65. The first kappa shape index (κ1) is 14.9. The van der Waals surface area contributed by atoms with Crippen molar-refractivity contribution in [2.45, 2.75) is 44.1 Å². The van der Waals surface area contributed by atoms with Crippen molar-refractivity contribution in [2.24, 2.45) is 0 Å². The number of amides is 1. The Morgan fingerprint density at radius 3 is 2.62 bits per heavy atom. The fraction of sp³-hybridized carbons (Fsp3) is 0.583. The normalized spacial score (nSPS) is 15.4. The topological polar surface area (TPSA) is 145 Å². The lowest BCUT2D eigenvalue weighted by Crippen LogP contribution is -2.41. The van der Waals surface area contributed by atoms with Crippen LogP contribution in [0, 0.1) is 0 Å². The minimum absolute atomic E-state index is 0.0350. The number of aliphatic carboxylic acids is 2. The number of rotatable bonds is 8. The lowest BCUT2D eigenvalue weighted by Gasteiger charge is -2.12. The Bertz CT molecular complexity index is 552. The van der Waals surface area contributed by atoms with Crippen LogP contribution in [0.15, 0.2) is 0 Å². The van der Waals surface area contributed by atoms with E-state index in [-0.39, 0.29) is 25.1 Å². The molecule has 1 aliphatic rings. The molecule has 1 heterocycles. The van der Waals surface area contributed by atoms with Gasteiger partial charge in [-0.1, -0.05) is 0 Å². The van der Waals surface area contributed by atoms with Crippen molar-refractivity contribution in [3.8, 4) is 0 Å². The molecule has 0 aliphatic heterocycles. The van der Waals surface area contributed by atoms with E-state index in [0.717, 1.165) is 12.8 Å². The van der Waals surface area contributed by atoms with E-state index in [4.69, 9.17) is 10.2 Å². The highest BCUT2D eigenvalue weighted by Crippen LogP contribution is 2.37. The quantitative estimate of drug-likeness (QED) is 0.533. The van der Waals surface area contributed by atoms with Gasteiger partial charge in [-0.3, -0.25) is 14.7 Å². The molecule has 2 rings (SSSR count). The number of aromatic nitrogens is 3. The van der Waals surface area contributed by atoms with Crippen molar-refractivity contribution < 1.29 is 24.6 Å². The van der Waals surface area contributed by atoms with Crippen molar-refractivity contribution in [3.63, 3.8) is 0 Å². The summed E-state index contributed by atoms with van der Waals surface area (Å²) in [7, 11) is 0. The molecule has 0 radical (unpaired) electrons. The smallest absolute Gasteiger partial charge is 0.326 e. The molecule has 9 nitrogen and oxygen atoms in total. The lowest BCUT2D eigenvalue weighted by atomic mass is 10.1. The number of carbonyl (C=O) groups is 3. The highest BCUT2D eigenvalue weighted by atomic mass is 16.4. The largest absolute Gasteiger partial charge is 0.481 e. The summed E-state index contributed by atoms with van der Waals surface area (Å²) in [6.45, 7) is 0. The van der Waals surface area contributed by atoms with Crippen LogP contribution in [0.2, 0.25) is 0 Å². The average Bonchev–Trinajstić information content (AvgIpc) is 3.14. The maximum atomic E-state index is 11.9. The Balaban J connectivity index is 1.90. The summed E-state index contributed by atoms with van der Waals surface area (Å²) in [6, 6.07) is -1.15. The number of nitrogens with zero attached hydrogens (tertiary/aromatic N) is 2. The minimum Gasteiger partial charge on any atom is -0.481 e. The molecule has 1 aromatic rings. The zero-order chi connectivity index (χ0) is 15.4. The molecule has 1 aliphatic carbocycles. The van der Waals surface area contributed by atoms with E-state index in [0.29, 0.717) is 11.7 Å². The van der Waals surface area contributed by atoms with Gasteiger partial charge in [0.05, 0.1) is 0 Å². The van der Waals surface area contributed by atoms with Crippen LogP contribution in [0.25, 0.3) is 0 Å². The maximum absolute atomic E-state index is 11.9. The highest BCUT2D eigenvalue weighted by molar-refractivity contribution is 5.93. The SMILES string of the molecule is O=C(O)CCC[C@@H](NC(=O)c1n[nH]c(C2CC2)n1)C(=O)O. The van der Waals surface area contributed by atoms with Crippen molar-refractivity contribution in [2.75, 3.05) is 0 Å². The fourth-order valence-electron chi connectivity index (χ4n) is 1.85. The number of carbonyl (C=O) groups excluding carboxylic acids is 1. The molecule has 1 aromatic heterocycles. The summed E-state index contributed by atoms with van der Waals surface area (Å²) in [5, 5.41) is 26.3. The van der Waals surface area contributed by atoms with E-state index in [1.54, 1.807) is 0 Å². The number of hydrogen-bond donors (Lipinski definition) is 4. The van der Waals surface area contributed by atoms with Crippen molar-refractivity contribution >= 4 is 17.8 Å². The molecule has 21 heavy (non-hydrogen) atoms. The molecule has 1 fully saturated rings. The van der Waals surface area contributed by atoms with Gasteiger partial charge in [0.15, 0.2) is 0 Å². The molecule has 1 atom stereocenters. The number of hydrogen-bond acceptors (Lipinski definition) is 5. The molecule has 9 heteroatoms. The molecule has 114 valence electrons. The average molecular weight is 296 g/mol. The molecular weight excluding hydrogens is 280 g/mol. The Morgan fingerprint density at radius 1 is 1.33 bits per heavy atom. The van der Waals surface area contributed by atoms with Gasteiger partial charge >= 0.3 is 11.9 Å². The van der Waals surface area contributed by atoms with E-state index >= 15 is 0 Å². The van der Waals surface area contributed by atoms with Gasteiger partial charge in [0, 0.05) is 12.3 Å². The molecule has 1 amide bonds. The Labute approximate surface area is 119 Å². The van der Waals surface area contributed by atoms with E-state index in [9.17, 15) is 14.4 Å². The van der Waals surface area contributed by atoms with Crippen molar-refractivity contribution in [1.82, 2.24) is 20.5 Å². The van der Waals surface area contributed by atoms with Crippen molar-refractivity contribution in [1.29, 1.82) is 0 Å².